The molecule has 1 aliphatic rings. The van der Waals surface area contributed by atoms with Gasteiger partial charge in [-0.1, -0.05) is 20.8 Å². The molecule has 1 atom stereocenters. The van der Waals surface area contributed by atoms with Crippen molar-refractivity contribution in [3.63, 3.8) is 0 Å². The molecule has 0 aromatic carbocycles. The predicted octanol–water partition coefficient (Wildman–Crippen LogP) is 1.75. The lowest BCUT2D eigenvalue weighted by Gasteiger charge is -2.28. The van der Waals surface area contributed by atoms with Crippen molar-refractivity contribution in [1.29, 1.82) is 0 Å². The van der Waals surface area contributed by atoms with E-state index in [1.807, 2.05) is 6.92 Å². The van der Waals surface area contributed by atoms with Gasteiger partial charge in [0, 0.05) is 32.7 Å². The Hall–Kier alpha value is -0.570. The van der Waals surface area contributed by atoms with Gasteiger partial charge in [-0.15, -0.1) is 24.0 Å². The van der Waals surface area contributed by atoms with Crippen molar-refractivity contribution >= 4 is 35.8 Å². The quantitative estimate of drug-likeness (QED) is 0.233. The summed E-state index contributed by atoms with van der Waals surface area (Å²) >= 11 is 0. The Morgan fingerprint density at radius 1 is 1.22 bits per heavy atom. The third kappa shape index (κ3) is 9.34. The summed E-state index contributed by atoms with van der Waals surface area (Å²) in [7, 11) is 1.72. The highest BCUT2D eigenvalue weighted by atomic mass is 127. The monoisotopic (exact) mass is 440 g/mol. The van der Waals surface area contributed by atoms with Crippen LogP contribution in [0.15, 0.2) is 4.99 Å². The van der Waals surface area contributed by atoms with Crippen molar-refractivity contribution in [3.8, 4) is 0 Å². The van der Waals surface area contributed by atoms with Gasteiger partial charge < -0.3 is 20.7 Å². The van der Waals surface area contributed by atoms with Crippen molar-refractivity contribution in [2.75, 3.05) is 33.3 Å². The lowest BCUT2D eigenvalue weighted by atomic mass is 9.89. The molecule has 0 aliphatic heterocycles. The number of halogens is 1. The predicted molar refractivity (Wildman–Crippen MR) is 105 cm³/mol. The van der Waals surface area contributed by atoms with E-state index >= 15 is 0 Å². The second-order valence-corrected chi connectivity index (χ2v) is 6.80. The topological polar surface area (TPSA) is 74.8 Å². The molecule has 6 nitrogen and oxygen atoms in total. The zero-order valence-corrected chi connectivity index (χ0v) is 17.4. The highest BCUT2D eigenvalue weighted by Crippen LogP contribution is 2.28. The molecule has 1 aliphatic carbocycles. The first-order valence-corrected chi connectivity index (χ1v) is 8.21. The smallest absolute Gasteiger partial charge is 0.223 e. The van der Waals surface area contributed by atoms with Gasteiger partial charge in [-0.3, -0.25) is 9.79 Å². The van der Waals surface area contributed by atoms with Crippen LogP contribution in [0, 0.1) is 11.3 Å². The molecule has 0 radical (unpaired) electrons. The van der Waals surface area contributed by atoms with Crippen molar-refractivity contribution in [1.82, 2.24) is 16.0 Å². The molecular formula is C16H33IN4O2. The molecule has 0 bridgehead atoms. The molecular weight excluding hydrogens is 407 g/mol. The lowest BCUT2D eigenvalue weighted by Crippen LogP contribution is -2.42. The minimum atomic E-state index is 0. The van der Waals surface area contributed by atoms with Gasteiger partial charge in [0.05, 0.1) is 12.6 Å². The van der Waals surface area contributed by atoms with Crippen LogP contribution in [-0.4, -0.2) is 51.3 Å². The Morgan fingerprint density at radius 2 is 1.83 bits per heavy atom. The molecule has 0 heterocycles. The second-order valence-electron chi connectivity index (χ2n) is 6.80. The van der Waals surface area contributed by atoms with Gasteiger partial charge in [0.25, 0.3) is 0 Å². The van der Waals surface area contributed by atoms with Crippen LogP contribution >= 0.6 is 24.0 Å². The second kappa shape index (κ2) is 11.1. The van der Waals surface area contributed by atoms with E-state index in [0.29, 0.717) is 19.6 Å². The number of ether oxygens (including phenoxy) is 1. The lowest BCUT2D eigenvalue weighted by molar-refractivity contribution is -0.122. The molecule has 136 valence electrons. The molecule has 1 fully saturated rings. The van der Waals surface area contributed by atoms with E-state index in [1.165, 1.54) is 0 Å². The summed E-state index contributed by atoms with van der Waals surface area (Å²) < 4.78 is 5.51. The molecule has 1 amide bonds. The Labute approximate surface area is 157 Å². The number of methoxy groups -OCH3 is 1. The molecule has 1 rings (SSSR count). The summed E-state index contributed by atoms with van der Waals surface area (Å²) in [5.74, 6) is 1.20. The van der Waals surface area contributed by atoms with Crippen LogP contribution in [0.3, 0.4) is 0 Å². The number of nitrogens with zero attached hydrogens (tertiary/aromatic N) is 1. The molecule has 1 unspecified atom stereocenters. The Bertz CT molecular complexity index is 379. The summed E-state index contributed by atoms with van der Waals surface area (Å²) in [6, 6.07) is 0. The maximum atomic E-state index is 11.5. The van der Waals surface area contributed by atoms with Crippen LogP contribution in [0.4, 0.5) is 0 Å². The number of guanidine groups is 1. The zero-order valence-electron chi connectivity index (χ0n) is 15.1. The minimum Gasteiger partial charge on any atom is -0.379 e. The third-order valence-electron chi connectivity index (χ3n) is 3.67. The van der Waals surface area contributed by atoms with Gasteiger partial charge in [0.15, 0.2) is 5.96 Å². The fraction of sp³-hybridized carbons (Fsp3) is 0.875. The van der Waals surface area contributed by atoms with Gasteiger partial charge in [0.2, 0.25) is 5.91 Å². The van der Waals surface area contributed by atoms with E-state index in [4.69, 9.17) is 4.74 Å². The first-order valence-electron chi connectivity index (χ1n) is 8.21. The van der Waals surface area contributed by atoms with E-state index in [0.717, 1.165) is 25.3 Å². The van der Waals surface area contributed by atoms with Crippen LogP contribution in [0.1, 0.15) is 40.5 Å². The van der Waals surface area contributed by atoms with E-state index in [9.17, 15) is 4.79 Å². The van der Waals surface area contributed by atoms with Gasteiger partial charge in [-0.2, -0.15) is 0 Å². The number of hydrogen-bond acceptors (Lipinski definition) is 3. The van der Waals surface area contributed by atoms with Crippen LogP contribution in [-0.2, 0) is 9.53 Å². The van der Waals surface area contributed by atoms with E-state index in [2.05, 4.69) is 41.7 Å². The number of rotatable bonds is 8. The van der Waals surface area contributed by atoms with Crippen molar-refractivity contribution < 1.29 is 9.53 Å². The van der Waals surface area contributed by atoms with Crippen LogP contribution in [0.25, 0.3) is 0 Å². The number of carbonyl (C=O) groups is 1. The molecule has 3 N–H and O–H groups in total. The Kier molecular flexibility index (Phi) is 10.8. The average molecular weight is 440 g/mol. The molecule has 1 saturated carbocycles. The van der Waals surface area contributed by atoms with E-state index in [-0.39, 0.29) is 47.3 Å². The number of hydrogen-bond donors (Lipinski definition) is 3. The first-order chi connectivity index (χ1) is 10.4. The molecule has 0 spiro atoms. The fourth-order valence-electron chi connectivity index (χ4n) is 2.07. The van der Waals surface area contributed by atoms with Gasteiger partial charge >= 0.3 is 0 Å². The summed E-state index contributed by atoms with van der Waals surface area (Å²) in [4.78, 5) is 16.1. The van der Waals surface area contributed by atoms with Crippen LogP contribution in [0.2, 0.25) is 0 Å². The molecule has 23 heavy (non-hydrogen) atoms. The van der Waals surface area contributed by atoms with E-state index in [1.54, 1.807) is 7.11 Å². The molecule has 0 saturated heterocycles. The molecule has 0 aromatic rings. The zero-order chi connectivity index (χ0) is 16.6. The van der Waals surface area contributed by atoms with Gasteiger partial charge in [0.1, 0.15) is 0 Å². The normalized spacial score (nSPS) is 16.3. The largest absolute Gasteiger partial charge is 0.379 e. The van der Waals surface area contributed by atoms with Crippen molar-refractivity contribution in [2.45, 2.75) is 46.6 Å². The summed E-state index contributed by atoms with van der Waals surface area (Å²) in [5.41, 5.74) is 0.0494. The van der Waals surface area contributed by atoms with Crippen molar-refractivity contribution in [2.24, 2.45) is 16.3 Å². The standard InChI is InChI=1S/C16H32N4O2.HI/c1-6-17-15(20-11-13(22-5)16(2,3)4)19-10-9-18-14(21)12-7-8-12;/h12-13H,6-11H2,1-5H3,(H,18,21)(H2,17,19,20);1H. The minimum absolute atomic E-state index is 0. The van der Waals surface area contributed by atoms with Crippen LogP contribution in [0.5, 0.6) is 0 Å². The first kappa shape index (κ1) is 22.4. The van der Waals surface area contributed by atoms with Gasteiger partial charge in [-0.05, 0) is 25.2 Å². The summed E-state index contributed by atoms with van der Waals surface area (Å²) in [6.45, 7) is 11.1. The molecule has 7 heteroatoms. The highest BCUT2D eigenvalue weighted by Gasteiger charge is 2.29. The van der Waals surface area contributed by atoms with Gasteiger partial charge in [-0.25, -0.2) is 0 Å². The average Bonchev–Trinajstić information content (AvgIpc) is 3.26. The summed E-state index contributed by atoms with van der Waals surface area (Å²) in [5, 5.41) is 9.38. The number of amides is 1. The number of nitrogens with one attached hydrogen (secondary N) is 3. The Morgan fingerprint density at radius 3 is 2.30 bits per heavy atom. The fourth-order valence-corrected chi connectivity index (χ4v) is 2.07. The number of carbonyl (C=O) groups excluding carboxylic acids is 1. The number of aliphatic imine (C=N–C) groups is 1. The third-order valence-corrected chi connectivity index (χ3v) is 3.67. The van der Waals surface area contributed by atoms with Crippen LogP contribution < -0.4 is 16.0 Å². The SMILES string of the molecule is CCNC(=NCC(OC)C(C)(C)C)NCCNC(=O)C1CC1.I. The van der Waals surface area contributed by atoms with Crippen molar-refractivity contribution in [3.05, 3.63) is 0 Å². The highest BCUT2D eigenvalue weighted by molar-refractivity contribution is 14.0. The summed E-state index contributed by atoms with van der Waals surface area (Å²) in [6.07, 6.45) is 2.14. The van der Waals surface area contributed by atoms with E-state index < -0.39 is 0 Å². The maximum absolute atomic E-state index is 11.5. The molecule has 0 aromatic heterocycles. The maximum Gasteiger partial charge on any atom is 0.223 e. The Balaban J connectivity index is 0.00000484.